The Morgan fingerprint density at radius 3 is 2.69 bits per heavy atom. The predicted molar refractivity (Wildman–Crippen MR) is 94.1 cm³/mol. The number of aryl methyl sites for hydroxylation is 1. The number of carbonyl (C=O) groups is 1. The number of ether oxygens (including phenoxy) is 1. The number of anilines is 1. The maximum Gasteiger partial charge on any atom is 0.255 e. The summed E-state index contributed by atoms with van der Waals surface area (Å²) < 4.78 is 31.9. The first-order valence-corrected chi connectivity index (χ1v) is 7.92. The van der Waals surface area contributed by atoms with Gasteiger partial charge in [0, 0.05) is 23.5 Å². The summed E-state index contributed by atoms with van der Waals surface area (Å²) in [7, 11) is 0. The topological polar surface area (TPSA) is 51.2 Å². The van der Waals surface area contributed by atoms with Gasteiger partial charge >= 0.3 is 0 Å². The van der Waals surface area contributed by atoms with Gasteiger partial charge in [0.1, 0.15) is 18.2 Å². The molecule has 0 atom stereocenters. The van der Waals surface area contributed by atoms with Gasteiger partial charge in [-0.2, -0.15) is 4.39 Å². The van der Waals surface area contributed by atoms with Crippen LogP contribution in [0.5, 0.6) is 5.75 Å². The minimum absolute atomic E-state index is 0.184. The lowest BCUT2D eigenvalue weighted by molar-refractivity contribution is 0.102. The lowest BCUT2D eigenvalue weighted by Gasteiger charge is -2.11. The zero-order valence-electron chi connectivity index (χ0n) is 14.0. The van der Waals surface area contributed by atoms with E-state index >= 15 is 0 Å². The second-order valence-corrected chi connectivity index (χ2v) is 5.72. The largest absolute Gasteiger partial charge is 0.489 e. The summed E-state index contributed by atoms with van der Waals surface area (Å²) in [6.07, 6.45) is 1.24. The van der Waals surface area contributed by atoms with Crippen LogP contribution in [-0.2, 0) is 6.61 Å². The molecule has 0 saturated carbocycles. The quantitative estimate of drug-likeness (QED) is 0.687. The summed E-state index contributed by atoms with van der Waals surface area (Å²) in [4.78, 5) is 15.6. The number of pyridine rings is 1. The van der Waals surface area contributed by atoms with Crippen molar-refractivity contribution in [1.82, 2.24) is 4.98 Å². The van der Waals surface area contributed by atoms with Crippen molar-refractivity contribution in [3.63, 3.8) is 0 Å². The van der Waals surface area contributed by atoms with Crippen molar-refractivity contribution < 1.29 is 18.3 Å². The number of rotatable bonds is 5. The van der Waals surface area contributed by atoms with Crippen LogP contribution < -0.4 is 10.1 Å². The molecule has 0 unspecified atom stereocenters. The van der Waals surface area contributed by atoms with Crippen LogP contribution in [0.3, 0.4) is 0 Å². The SMILES string of the molecule is Cc1cc(OCc2cccc(F)c2)ccc1NC(=O)c1ccnc(F)c1. The molecule has 26 heavy (non-hydrogen) atoms. The van der Waals surface area contributed by atoms with E-state index in [1.807, 2.05) is 6.92 Å². The number of amides is 1. The van der Waals surface area contributed by atoms with Gasteiger partial charge in [-0.15, -0.1) is 0 Å². The van der Waals surface area contributed by atoms with E-state index in [4.69, 9.17) is 4.74 Å². The minimum Gasteiger partial charge on any atom is -0.489 e. The Morgan fingerprint density at radius 1 is 1.12 bits per heavy atom. The van der Waals surface area contributed by atoms with Crippen LogP contribution >= 0.6 is 0 Å². The molecule has 0 fully saturated rings. The number of hydrogen-bond donors (Lipinski definition) is 1. The van der Waals surface area contributed by atoms with Crippen LogP contribution in [0.4, 0.5) is 14.5 Å². The third kappa shape index (κ3) is 4.42. The fraction of sp³-hybridized carbons (Fsp3) is 0.100. The zero-order valence-corrected chi connectivity index (χ0v) is 14.0. The predicted octanol–water partition coefficient (Wildman–Crippen LogP) is 4.50. The van der Waals surface area contributed by atoms with Crippen LogP contribution in [0.2, 0.25) is 0 Å². The van der Waals surface area contributed by atoms with E-state index in [1.165, 1.54) is 24.4 Å². The summed E-state index contributed by atoms with van der Waals surface area (Å²) in [5.74, 6) is -0.856. The monoisotopic (exact) mass is 354 g/mol. The number of aromatic nitrogens is 1. The number of hydrogen-bond acceptors (Lipinski definition) is 3. The molecular formula is C20H16F2N2O2. The van der Waals surface area contributed by atoms with E-state index in [0.717, 1.165) is 17.2 Å². The Hall–Kier alpha value is -3.28. The van der Waals surface area contributed by atoms with Crippen molar-refractivity contribution in [2.45, 2.75) is 13.5 Å². The molecule has 2 aromatic carbocycles. The maximum atomic E-state index is 13.2. The number of nitrogens with zero attached hydrogens (tertiary/aromatic N) is 1. The molecule has 0 aliphatic rings. The summed E-state index contributed by atoms with van der Waals surface area (Å²) in [5, 5.41) is 2.72. The van der Waals surface area contributed by atoms with E-state index in [9.17, 15) is 13.6 Å². The average molecular weight is 354 g/mol. The number of carbonyl (C=O) groups excluding carboxylic acids is 1. The highest BCUT2D eigenvalue weighted by Crippen LogP contribution is 2.23. The Morgan fingerprint density at radius 2 is 1.96 bits per heavy atom. The molecule has 1 heterocycles. The first-order chi connectivity index (χ1) is 12.5. The van der Waals surface area contributed by atoms with Gasteiger partial charge in [-0.25, -0.2) is 9.37 Å². The van der Waals surface area contributed by atoms with Crippen molar-refractivity contribution in [2.24, 2.45) is 0 Å². The molecule has 0 aliphatic heterocycles. The molecule has 0 radical (unpaired) electrons. The van der Waals surface area contributed by atoms with Crippen LogP contribution in [0.15, 0.2) is 60.8 Å². The summed E-state index contributed by atoms with van der Waals surface area (Å²) in [5.41, 5.74) is 2.28. The normalized spacial score (nSPS) is 10.4. The molecule has 1 amide bonds. The Balaban J connectivity index is 1.66. The van der Waals surface area contributed by atoms with Crippen molar-refractivity contribution in [2.75, 3.05) is 5.32 Å². The van der Waals surface area contributed by atoms with Gasteiger partial charge < -0.3 is 10.1 Å². The fourth-order valence-electron chi connectivity index (χ4n) is 2.40. The molecule has 3 aromatic rings. The second kappa shape index (κ2) is 7.74. The van der Waals surface area contributed by atoms with Crippen LogP contribution in [0.25, 0.3) is 0 Å². The summed E-state index contributed by atoms with van der Waals surface area (Å²) in [6.45, 7) is 2.05. The van der Waals surface area contributed by atoms with Crippen LogP contribution in [-0.4, -0.2) is 10.9 Å². The van der Waals surface area contributed by atoms with Crippen molar-refractivity contribution in [1.29, 1.82) is 0 Å². The van der Waals surface area contributed by atoms with Gasteiger partial charge in [-0.05, 0) is 54.4 Å². The Kier molecular flexibility index (Phi) is 5.22. The standard InChI is InChI=1S/C20H16F2N2O2/c1-13-9-17(26-12-14-3-2-4-16(21)10-14)5-6-18(13)24-20(25)15-7-8-23-19(22)11-15/h2-11H,12H2,1H3,(H,24,25). The van der Waals surface area contributed by atoms with Crippen LogP contribution in [0.1, 0.15) is 21.5 Å². The van der Waals surface area contributed by atoms with E-state index in [1.54, 1.807) is 30.3 Å². The van der Waals surface area contributed by atoms with E-state index < -0.39 is 11.9 Å². The van der Waals surface area contributed by atoms with Gasteiger partial charge in [-0.3, -0.25) is 4.79 Å². The summed E-state index contributed by atoms with van der Waals surface area (Å²) >= 11 is 0. The van der Waals surface area contributed by atoms with E-state index in [0.29, 0.717) is 11.4 Å². The first kappa shape index (κ1) is 17.5. The van der Waals surface area contributed by atoms with Crippen molar-refractivity contribution >= 4 is 11.6 Å². The van der Waals surface area contributed by atoms with Crippen molar-refractivity contribution in [3.05, 3.63) is 89.2 Å². The molecule has 0 aliphatic carbocycles. The van der Waals surface area contributed by atoms with E-state index in [-0.39, 0.29) is 18.0 Å². The zero-order chi connectivity index (χ0) is 18.5. The molecular weight excluding hydrogens is 338 g/mol. The highest BCUT2D eigenvalue weighted by Gasteiger charge is 2.10. The number of benzene rings is 2. The minimum atomic E-state index is -0.713. The fourth-order valence-corrected chi connectivity index (χ4v) is 2.40. The Labute approximate surface area is 149 Å². The molecule has 0 spiro atoms. The smallest absolute Gasteiger partial charge is 0.255 e. The van der Waals surface area contributed by atoms with Gasteiger partial charge in [0.05, 0.1) is 0 Å². The highest BCUT2D eigenvalue weighted by molar-refractivity contribution is 6.04. The van der Waals surface area contributed by atoms with Crippen LogP contribution in [0, 0.1) is 18.7 Å². The first-order valence-electron chi connectivity index (χ1n) is 7.92. The van der Waals surface area contributed by atoms with Gasteiger partial charge in [0.15, 0.2) is 0 Å². The molecule has 1 N–H and O–H groups in total. The lowest BCUT2D eigenvalue weighted by atomic mass is 10.1. The molecule has 0 bridgehead atoms. The molecule has 1 aromatic heterocycles. The molecule has 4 nitrogen and oxygen atoms in total. The summed E-state index contributed by atoms with van der Waals surface area (Å²) in [6, 6.07) is 13.9. The Bertz CT molecular complexity index is 945. The van der Waals surface area contributed by atoms with Gasteiger partial charge in [0.25, 0.3) is 5.91 Å². The molecule has 0 saturated heterocycles. The van der Waals surface area contributed by atoms with E-state index in [2.05, 4.69) is 10.3 Å². The third-order valence-electron chi connectivity index (χ3n) is 3.73. The average Bonchev–Trinajstić information content (AvgIpc) is 2.62. The maximum absolute atomic E-state index is 13.2. The lowest BCUT2D eigenvalue weighted by Crippen LogP contribution is -2.13. The molecule has 132 valence electrons. The van der Waals surface area contributed by atoms with Gasteiger partial charge in [-0.1, -0.05) is 12.1 Å². The molecule has 3 rings (SSSR count). The molecule has 6 heteroatoms. The third-order valence-corrected chi connectivity index (χ3v) is 3.73. The second-order valence-electron chi connectivity index (χ2n) is 5.72. The van der Waals surface area contributed by atoms with Crippen molar-refractivity contribution in [3.8, 4) is 5.75 Å². The highest BCUT2D eigenvalue weighted by atomic mass is 19.1. The van der Waals surface area contributed by atoms with Gasteiger partial charge in [0.2, 0.25) is 5.95 Å². The number of halogens is 2. The number of nitrogens with one attached hydrogen (secondary N) is 1.